The van der Waals surface area contributed by atoms with Crippen LogP contribution in [0.2, 0.25) is 0 Å². The lowest BCUT2D eigenvalue weighted by molar-refractivity contribution is 0.232. The monoisotopic (exact) mass is 221 g/mol. The Balaban J connectivity index is 2.58. The summed E-state index contributed by atoms with van der Waals surface area (Å²) in [4.78, 5) is 0. The molecule has 16 heavy (non-hydrogen) atoms. The maximum Gasteiger partial charge on any atom is 0.0584 e. The van der Waals surface area contributed by atoms with Crippen molar-refractivity contribution in [1.29, 1.82) is 0 Å². The van der Waals surface area contributed by atoms with E-state index in [9.17, 15) is 0 Å². The zero-order valence-electron chi connectivity index (χ0n) is 10.5. The lowest BCUT2D eigenvalue weighted by Crippen LogP contribution is -2.40. The zero-order valence-corrected chi connectivity index (χ0v) is 10.5. The van der Waals surface area contributed by atoms with Crippen molar-refractivity contribution in [3.8, 4) is 0 Å². The second-order valence-electron chi connectivity index (χ2n) is 4.92. The normalized spacial score (nSPS) is 13.8. The van der Waals surface area contributed by atoms with Gasteiger partial charge in [0.1, 0.15) is 0 Å². The van der Waals surface area contributed by atoms with Gasteiger partial charge >= 0.3 is 0 Å². The summed E-state index contributed by atoms with van der Waals surface area (Å²) in [7, 11) is 0. The summed E-state index contributed by atoms with van der Waals surface area (Å²) in [5.41, 5.74) is 1.43. The molecule has 0 spiro atoms. The van der Waals surface area contributed by atoms with E-state index in [-0.39, 0.29) is 18.1 Å². The molecule has 1 rings (SSSR count). The minimum Gasteiger partial charge on any atom is -0.395 e. The standard InChI is InChI=1S/C14H23NO/c1-4-13(10-16)15-11-14(2,3)12-8-6-5-7-9-12/h5-9,13,15-16H,4,10-11H2,1-3H3/t13-/m1/s1. The first-order valence-corrected chi connectivity index (χ1v) is 6.00. The van der Waals surface area contributed by atoms with Crippen LogP contribution in [0.5, 0.6) is 0 Å². The van der Waals surface area contributed by atoms with Crippen LogP contribution in [0.3, 0.4) is 0 Å². The molecule has 0 saturated carbocycles. The average molecular weight is 221 g/mol. The van der Waals surface area contributed by atoms with Gasteiger partial charge in [0, 0.05) is 18.0 Å². The minimum atomic E-state index is 0.101. The molecular formula is C14H23NO. The molecule has 0 aliphatic rings. The van der Waals surface area contributed by atoms with Crippen molar-refractivity contribution in [2.75, 3.05) is 13.2 Å². The maximum absolute atomic E-state index is 9.13. The van der Waals surface area contributed by atoms with Gasteiger partial charge in [-0.3, -0.25) is 0 Å². The highest BCUT2D eigenvalue weighted by atomic mass is 16.3. The number of nitrogens with one attached hydrogen (secondary N) is 1. The first-order valence-electron chi connectivity index (χ1n) is 6.00. The first-order chi connectivity index (χ1) is 7.60. The lowest BCUT2D eigenvalue weighted by Gasteiger charge is -2.28. The summed E-state index contributed by atoms with van der Waals surface area (Å²) in [5.74, 6) is 0. The van der Waals surface area contributed by atoms with Crippen LogP contribution in [-0.4, -0.2) is 24.3 Å². The van der Waals surface area contributed by atoms with E-state index in [1.807, 2.05) is 6.07 Å². The number of rotatable bonds is 6. The predicted octanol–water partition coefficient (Wildman–Crippen LogP) is 2.32. The van der Waals surface area contributed by atoms with Gasteiger partial charge in [-0.1, -0.05) is 51.1 Å². The summed E-state index contributed by atoms with van der Waals surface area (Å²) in [6, 6.07) is 10.7. The molecule has 0 aliphatic heterocycles. The summed E-state index contributed by atoms with van der Waals surface area (Å²) >= 11 is 0. The molecule has 0 unspecified atom stereocenters. The molecule has 1 aromatic carbocycles. The Morgan fingerprint density at radius 1 is 1.25 bits per heavy atom. The summed E-state index contributed by atoms with van der Waals surface area (Å²) < 4.78 is 0. The molecular weight excluding hydrogens is 198 g/mol. The van der Waals surface area contributed by atoms with Crippen LogP contribution in [0.15, 0.2) is 30.3 Å². The SMILES string of the molecule is CC[C@H](CO)NCC(C)(C)c1ccccc1. The average Bonchev–Trinajstić information content (AvgIpc) is 2.31. The molecule has 90 valence electrons. The number of aliphatic hydroxyl groups excluding tert-OH is 1. The Morgan fingerprint density at radius 3 is 2.38 bits per heavy atom. The third-order valence-corrected chi connectivity index (χ3v) is 3.10. The predicted molar refractivity (Wildman–Crippen MR) is 68.6 cm³/mol. The van der Waals surface area contributed by atoms with Gasteiger partial charge in [-0.25, -0.2) is 0 Å². The molecule has 2 nitrogen and oxygen atoms in total. The Bertz CT molecular complexity index is 291. The van der Waals surface area contributed by atoms with Gasteiger partial charge in [0.25, 0.3) is 0 Å². The van der Waals surface area contributed by atoms with Crippen LogP contribution in [-0.2, 0) is 5.41 Å². The van der Waals surface area contributed by atoms with Gasteiger partial charge < -0.3 is 10.4 Å². The van der Waals surface area contributed by atoms with Gasteiger partial charge in [-0.05, 0) is 12.0 Å². The molecule has 0 bridgehead atoms. The van der Waals surface area contributed by atoms with Crippen molar-refractivity contribution in [2.24, 2.45) is 0 Å². The second-order valence-corrected chi connectivity index (χ2v) is 4.92. The fourth-order valence-electron chi connectivity index (χ4n) is 1.73. The van der Waals surface area contributed by atoms with Crippen LogP contribution in [0.25, 0.3) is 0 Å². The molecule has 0 fully saturated rings. The summed E-state index contributed by atoms with van der Waals surface area (Å²) in [6.45, 7) is 7.62. The van der Waals surface area contributed by atoms with Crippen LogP contribution < -0.4 is 5.32 Å². The van der Waals surface area contributed by atoms with E-state index in [0.29, 0.717) is 0 Å². The van der Waals surface area contributed by atoms with Crippen molar-refractivity contribution in [2.45, 2.75) is 38.6 Å². The van der Waals surface area contributed by atoms with E-state index in [1.165, 1.54) is 5.56 Å². The number of hydrogen-bond acceptors (Lipinski definition) is 2. The largest absolute Gasteiger partial charge is 0.395 e. The molecule has 0 aromatic heterocycles. The molecule has 0 saturated heterocycles. The van der Waals surface area contributed by atoms with Crippen LogP contribution >= 0.6 is 0 Å². The van der Waals surface area contributed by atoms with E-state index in [4.69, 9.17) is 5.11 Å². The van der Waals surface area contributed by atoms with E-state index < -0.39 is 0 Å². The number of benzene rings is 1. The molecule has 1 atom stereocenters. The van der Waals surface area contributed by atoms with E-state index in [0.717, 1.165) is 13.0 Å². The molecule has 2 heteroatoms. The first kappa shape index (κ1) is 13.2. The van der Waals surface area contributed by atoms with Crippen LogP contribution in [0, 0.1) is 0 Å². The van der Waals surface area contributed by atoms with Crippen molar-refractivity contribution < 1.29 is 5.11 Å². The molecule has 1 aromatic rings. The van der Waals surface area contributed by atoms with E-state index in [2.05, 4.69) is 50.4 Å². The topological polar surface area (TPSA) is 32.3 Å². The van der Waals surface area contributed by atoms with Gasteiger partial charge in [0.15, 0.2) is 0 Å². The summed E-state index contributed by atoms with van der Waals surface area (Å²) in [5, 5.41) is 12.5. The van der Waals surface area contributed by atoms with Gasteiger partial charge in [-0.2, -0.15) is 0 Å². The van der Waals surface area contributed by atoms with E-state index >= 15 is 0 Å². The third kappa shape index (κ3) is 3.62. The maximum atomic E-state index is 9.13. The zero-order chi connectivity index (χ0) is 12.0. The molecule has 0 radical (unpaired) electrons. The van der Waals surface area contributed by atoms with Crippen molar-refractivity contribution in [1.82, 2.24) is 5.32 Å². The highest BCUT2D eigenvalue weighted by Crippen LogP contribution is 2.21. The minimum absolute atomic E-state index is 0.101. The van der Waals surface area contributed by atoms with E-state index in [1.54, 1.807) is 0 Å². The fourth-order valence-corrected chi connectivity index (χ4v) is 1.73. The Morgan fingerprint density at radius 2 is 1.88 bits per heavy atom. The Hall–Kier alpha value is -0.860. The van der Waals surface area contributed by atoms with Crippen molar-refractivity contribution >= 4 is 0 Å². The summed E-state index contributed by atoms with van der Waals surface area (Å²) in [6.07, 6.45) is 0.960. The third-order valence-electron chi connectivity index (χ3n) is 3.10. The number of hydrogen-bond donors (Lipinski definition) is 2. The van der Waals surface area contributed by atoms with Gasteiger partial charge in [-0.15, -0.1) is 0 Å². The van der Waals surface area contributed by atoms with Crippen molar-refractivity contribution in [3.63, 3.8) is 0 Å². The number of aliphatic hydroxyl groups is 1. The fraction of sp³-hybridized carbons (Fsp3) is 0.571. The Kier molecular flexibility index (Phi) is 4.97. The molecule has 0 heterocycles. The van der Waals surface area contributed by atoms with Crippen LogP contribution in [0.4, 0.5) is 0 Å². The van der Waals surface area contributed by atoms with Crippen molar-refractivity contribution in [3.05, 3.63) is 35.9 Å². The smallest absolute Gasteiger partial charge is 0.0584 e. The molecule has 0 amide bonds. The quantitative estimate of drug-likeness (QED) is 0.772. The highest BCUT2D eigenvalue weighted by molar-refractivity contribution is 5.23. The highest BCUT2D eigenvalue weighted by Gasteiger charge is 2.20. The van der Waals surface area contributed by atoms with Gasteiger partial charge in [0.2, 0.25) is 0 Å². The second kappa shape index (κ2) is 6.02. The molecule has 0 aliphatic carbocycles. The van der Waals surface area contributed by atoms with Gasteiger partial charge in [0.05, 0.1) is 6.61 Å². The lowest BCUT2D eigenvalue weighted by atomic mass is 9.84. The molecule has 2 N–H and O–H groups in total. The van der Waals surface area contributed by atoms with Crippen LogP contribution in [0.1, 0.15) is 32.8 Å². The Labute approximate surface area is 98.7 Å².